The molecule has 5 aromatic carbocycles. The van der Waals surface area contributed by atoms with Gasteiger partial charge in [-0.1, -0.05) is 72.6 Å². The molecule has 0 spiro atoms. The molecule has 2 aromatic heterocycles. The van der Waals surface area contributed by atoms with Gasteiger partial charge in [-0.3, -0.25) is 4.90 Å². The van der Waals surface area contributed by atoms with Gasteiger partial charge in [0.1, 0.15) is 5.82 Å². The lowest BCUT2D eigenvalue weighted by atomic mass is 9.97. The summed E-state index contributed by atoms with van der Waals surface area (Å²) in [7, 11) is 2.23. The van der Waals surface area contributed by atoms with Gasteiger partial charge in [0.15, 0.2) is 0 Å². The fraction of sp³-hybridized carbons (Fsp3) is 0.292. The number of hydrogen-bond acceptors (Lipinski definition) is 2. The summed E-state index contributed by atoms with van der Waals surface area (Å²) in [6.07, 6.45) is 4.47. The third-order valence-electron chi connectivity index (χ3n) is 12.0. The number of hydrogen-bond donors (Lipinski definition) is 0. The normalized spacial score (nSPS) is 16.1. The Kier molecular flexibility index (Phi) is 8.60. The molecule has 268 valence electrons. The first-order valence-electron chi connectivity index (χ1n) is 19.3. The lowest BCUT2D eigenvalue weighted by Gasteiger charge is -2.29. The standard InChI is InChI=1S/C48H49FN4/c1-31-9-17-45-41(23-31)43-29-50(5)21-19-47(43)53(45)27-34(4)39-8-6-7-37-12-11-35(25-40(37)39)28-51-22-20-48-44(30-51)42-24-32(2)10-18-46(42)52(48)26-33(3)36-13-15-38(49)16-14-36/h6-18,23-25,27,33H,19-22,26,28-30H2,1-5H3. The van der Waals surface area contributed by atoms with Crippen LogP contribution in [0.25, 0.3) is 44.4 Å². The number of aromatic nitrogens is 2. The maximum Gasteiger partial charge on any atom is 0.123 e. The minimum atomic E-state index is -0.179. The van der Waals surface area contributed by atoms with Gasteiger partial charge in [-0.15, -0.1) is 0 Å². The van der Waals surface area contributed by atoms with Gasteiger partial charge in [0.2, 0.25) is 0 Å². The summed E-state index contributed by atoms with van der Waals surface area (Å²) in [5, 5.41) is 5.37. The van der Waals surface area contributed by atoms with Gasteiger partial charge in [0, 0.05) is 86.0 Å². The molecule has 2 aliphatic heterocycles. The number of likely N-dealkylation sites (N-methyl/N-ethyl adjacent to an activating group) is 1. The molecular formula is C48H49FN4. The highest BCUT2D eigenvalue weighted by molar-refractivity contribution is 5.98. The molecule has 0 saturated heterocycles. The van der Waals surface area contributed by atoms with Crippen molar-refractivity contribution in [2.24, 2.45) is 0 Å². The summed E-state index contributed by atoms with van der Waals surface area (Å²) in [6.45, 7) is 14.8. The monoisotopic (exact) mass is 700 g/mol. The van der Waals surface area contributed by atoms with Crippen LogP contribution in [0, 0.1) is 19.7 Å². The Bertz CT molecular complexity index is 2550. The molecule has 1 unspecified atom stereocenters. The van der Waals surface area contributed by atoms with Gasteiger partial charge < -0.3 is 14.0 Å². The summed E-state index contributed by atoms with van der Waals surface area (Å²) in [6, 6.07) is 34.7. The van der Waals surface area contributed by atoms with Crippen LogP contribution >= 0.6 is 0 Å². The van der Waals surface area contributed by atoms with E-state index >= 15 is 0 Å². The zero-order valence-electron chi connectivity index (χ0n) is 31.7. The SMILES string of the molecule is CC(=Cn1c2c(c3cc(C)ccc31)CN(C)CC2)c1cccc2ccc(CN3CCc4c(c5cc(C)ccc5n4CC(C)c4ccc(F)cc4)C3)cc12. The molecule has 5 heteroatoms. The van der Waals surface area contributed by atoms with Crippen molar-refractivity contribution in [2.75, 3.05) is 20.1 Å². The average molecular weight is 701 g/mol. The number of nitrogens with zero attached hydrogens (tertiary/aromatic N) is 4. The zero-order valence-corrected chi connectivity index (χ0v) is 31.7. The van der Waals surface area contributed by atoms with Gasteiger partial charge in [0.05, 0.1) is 5.52 Å². The van der Waals surface area contributed by atoms with Crippen LogP contribution in [-0.4, -0.2) is 39.1 Å². The summed E-state index contributed by atoms with van der Waals surface area (Å²) in [5.74, 6) is 0.105. The van der Waals surface area contributed by atoms with Crippen LogP contribution in [0.2, 0.25) is 0 Å². The van der Waals surface area contributed by atoms with E-state index in [1.807, 2.05) is 12.1 Å². The smallest absolute Gasteiger partial charge is 0.123 e. The summed E-state index contributed by atoms with van der Waals surface area (Å²) < 4.78 is 18.7. The van der Waals surface area contributed by atoms with Crippen LogP contribution in [-0.2, 0) is 39.0 Å². The first-order chi connectivity index (χ1) is 25.7. The van der Waals surface area contributed by atoms with Gasteiger partial charge in [0.25, 0.3) is 0 Å². The number of rotatable bonds is 7. The first kappa shape index (κ1) is 33.8. The van der Waals surface area contributed by atoms with Gasteiger partial charge in [-0.25, -0.2) is 4.39 Å². The highest BCUT2D eigenvalue weighted by Crippen LogP contribution is 2.36. The molecule has 4 heterocycles. The molecule has 1 atom stereocenters. The van der Waals surface area contributed by atoms with E-state index < -0.39 is 0 Å². The van der Waals surface area contributed by atoms with Crippen molar-refractivity contribution in [3.8, 4) is 0 Å². The molecule has 2 aliphatic rings. The number of benzene rings is 5. The Morgan fingerprint density at radius 2 is 1.47 bits per heavy atom. The van der Waals surface area contributed by atoms with Crippen molar-refractivity contribution in [1.82, 2.24) is 18.9 Å². The minimum Gasteiger partial charge on any atom is -0.344 e. The number of allylic oxidation sites excluding steroid dienone is 1. The summed E-state index contributed by atoms with van der Waals surface area (Å²) in [5.41, 5.74) is 16.2. The van der Waals surface area contributed by atoms with Gasteiger partial charge >= 0.3 is 0 Å². The molecule has 0 aliphatic carbocycles. The molecule has 0 saturated carbocycles. The molecule has 0 radical (unpaired) electrons. The van der Waals surface area contributed by atoms with Gasteiger partial charge in [-0.2, -0.15) is 0 Å². The lowest BCUT2D eigenvalue weighted by Crippen LogP contribution is -2.31. The van der Waals surface area contributed by atoms with E-state index in [1.54, 1.807) is 12.1 Å². The summed E-state index contributed by atoms with van der Waals surface area (Å²) >= 11 is 0. The number of fused-ring (bicyclic) bond motifs is 7. The minimum absolute atomic E-state index is 0.179. The molecule has 0 N–H and O–H groups in total. The largest absolute Gasteiger partial charge is 0.344 e. The van der Waals surface area contributed by atoms with Crippen molar-refractivity contribution in [3.05, 3.63) is 153 Å². The van der Waals surface area contributed by atoms with E-state index in [9.17, 15) is 4.39 Å². The van der Waals surface area contributed by atoms with E-state index in [0.29, 0.717) is 0 Å². The third-order valence-corrected chi connectivity index (χ3v) is 12.0. The van der Waals surface area contributed by atoms with Crippen molar-refractivity contribution in [1.29, 1.82) is 0 Å². The molecule has 53 heavy (non-hydrogen) atoms. The van der Waals surface area contributed by atoms with E-state index in [0.717, 1.165) is 52.1 Å². The zero-order chi connectivity index (χ0) is 36.4. The maximum absolute atomic E-state index is 13.7. The number of aryl methyl sites for hydroxylation is 2. The van der Waals surface area contributed by atoms with Crippen molar-refractivity contribution in [3.63, 3.8) is 0 Å². The Balaban J connectivity index is 1.02. The second-order valence-corrected chi connectivity index (χ2v) is 15.9. The third kappa shape index (κ3) is 6.20. The predicted molar refractivity (Wildman–Crippen MR) is 220 cm³/mol. The lowest BCUT2D eigenvalue weighted by molar-refractivity contribution is 0.243. The predicted octanol–water partition coefficient (Wildman–Crippen LogP) is 10.9. The van der Waals surface area contributed by atoms with Crippen molar-refractivity contribution >= 4 is 44.4 Å². The second kappa shape index (κ2) is 13.5. The first-order valence-corrected chi connectivity index (χ1v) is 19.3. The molecule has 0 bridgehead atoms. The number of halogens is 1. The van der Waals surface area contributed by atoms with E-state index in [-0.39, 0.29) is 11.7 Å². The van der Waals surface area contributed by atoms with E-state index in [2.05, 4.69) is 133 Å². The molecular weight excluding hydrogens is 652 g/mol. The van der Waals surface area contributed by atoms with Crippen LogP contribution in [0.5, 0.6) is 0 Å². The van der Waals surface area contributed by atoms with Gasteiger partial charge in [-0.05, 0) is 120 Å². The quantitative estimate of drug-likeness (QED) is 0.165. The van der Waals surface area contributed by atoms with E-state index in [4.69, 9.17) is 0 Å². The van der Waals surface area contributed by atoms with Crippen LogP contribution in [0.3, 0.4) is 0 Å². The molecule has 9 rings (SSSR count). The topological polar surface area (TPSA) is 16.3 Å². The highest BCUT2D eigenvalue weighted by Gasteiger charge is 2.26. The molecule has 4 nitrogen and oxygen atoms in total. The van der Waals surface area contributed by atoms with Crippen LogP contribution in [0.1, 0.15) is 70.1 Å². The Morgan fingerprint density at radius 3 is 2.26 bits per heavy atom. The van der Waals surface area contributed by atoms with E-state index in [1.165, 1.54) is 88.5 Å². The van der Waals surface area contributed by atoms with Crippen LogP contribution < -0.4 is 0 Å². The molecule has 0 amide bonds. The van der Waals surface area contributed by atoms with Crippen LogP contribution in [0.15, 0.2) is 97.1 Å². The molecule has 7 aromatic rings. The fourth-order valence-electron chi connectivity index (χ4n) is 9.21. The average Bonchev–Trinajstić information content (AvgIpc) is 3.61. The Morgan fingerprint density at radius 1 is 0.755 bits per heavy atom. The maximum atomic E-state index is 13.7. The summed E-state index contributed by atoms with van der Waals surface area (Å²) in [4.78, 5) is 5.07. The Hall–Kier alpha value is -4.97. The van der Waals surface area contributed by atoms with Crippen LogP contribution in [0.4, 0.5) is 4.39 Å². The Labute approximate surface area is 312 Å². The second-order valence-electron chi connectivity index (χ2n) is 15.9. The van der Waals surface area contributed by atoms with Crippen molar-refractivity contribution < 1.29 is 4.39 Å². The fourth-order valence-corrected chi connectivity index (χ4v) is 9.21. The van der Waals surface area contributed by atoms with Crippen molar-refractivity contribution in [2.45, 2.75) is 72.6 Å². The highest BCUT2D eigenvalue weighted by atomic mass is 19.1. The molecule has 0 fully saturated rings.